The van der Waals surface area contributed by atoms with Crippen LogP contribution in [0, 0.1) is 5.82 Å². The molecule has 0 spiro atoms. The van der Waals surface area contributed by atoms with Crippen LogP contribution in [0.2, 0.25) is 5.02 Å². The van der Waals surface area contributed by atoms with Crippen molar-refractivity contribution in [2.45, 2.75) is 11.8 Å². The van der Waals surface area contributed by atoms with Gasteiger partial charge in [-0.3, -0.25) is 4.79 Å². The average molecular weight is 427 g/mol. The zero-order valence-corrected chi connectivity index (χ0v) is 16.8. The Labute approximate surface area is 168 Å². The number of rotatable bonds is 5. The van der Waals surface area contributed by atoms with E-state index in [1.165, 1.54) is 51.7 Å². The normalized spacial score (nSPS) is 15.4. The number of anilines is 1. The quantitative estimate of drug-likeness (QED) is 0.736. The summed E-state index contributed by atoms with van der Waals surface area (Å²) in [7, 11) is -3.76. The van der Waals surface area contributed by atoms with Crippen molar-refractivity contribution in [3.05, 3.63) is 58.9 Å². The minimum absolute atomic E-state index is 0.00249. The number of sulfonamides is 1. The number of ether oxygens (including phenoxy) is 1. The molecule has 150 valence electrons. The molecule has 0 radical (unpaired) electrons. The maximum absolute atomic E-state index is 13.2. The van der Waals surface area contributed by atoms with Crippen LogP contribution in [0.5, 0.6) is 0 Å². The maximum Gasteiger partial charge on any atom is 0.259 e. The molecule has 3 rings (SSSR count). The summed E-state index contributed by atoms with van der Waals surface area (Å²) in [6.07, 6.45) is 0. The Hall–Kier alpha value is -2.00. The van der Waals surface area contributed by atoms with Gasteiger partial charge in [-0.1, -0.05) is 11.6 Å². The molecular formula is C19H20ClFN2O4S. The van der Waals surface area contributed by atoms with E-state index in [9.17, 15) is 17.6 Å². The van der Waals surface area contributed by atoms with E-state index in [4.69, 9.17) is 16.3 Å². The lowest BCUT2D eigenvalue weighted by molar-refractivity contribution is 0.0730. The van der Waals surface area contributed by atoms with E-state index in [0.717, 1.165) is 0 Å². The van der Waals surface area contributed by atoms with Crippen molar-refractivity contribution in [3.63, 3.8) is 0 Å². The molecule has 0 aromatic heterocycles. The van der Waals surface area contributed by atoms with E-state index < -0.39 is 21.7 Å². The minimum atomic E-state index is -3.76. The zero-order chi connectivity index (χ0) is 20.3. The number of halogens is 2. The summed E-state index contributed by atoms with van der Waals surface area (Å²) in [5.41, 5.74) is 0.564. The van der Waals surface area contributed by atoms with Gasteiger partial charge in [0.25, 0.3) is 5.91 Å². The number of carbonyl (C=O) groups is 1. The second-order valence-electron chi connectivity index (χ2n) is 6.18. The Morgan fingerprint density at radius 1 is 1.18 bits per heavy atom. The van der Waals surface area contributed by atoms with Gasteiger partial charge in [0, 0.05) is 25.3 Å². The molecule has 2 aromatic carbocycles. The Kier molecular flexibility index (Phi) is 6.34. The lowest BCUT2D eigenvalue weighted by atomic mass is 10.1. The first-order chi connectivity index (χ1) is 13.3. The lowest BCUT2D eigenvalue weighted by Crippen LogP contribution is -2.40. The van der Waals surface area contributed by atoms with Crippen LogP contribution in [-0.2, 0) is 14.8 Å². The number of benzene rings is 2. The van der Waals surface area contributed by atoms with Crippen molar-refractivity contribution in [2.75, 3.05) is 37.7 Å². The van der Waals surface area contributed by atoms with Crippen molar-refractivity contribution in [1.29, 1.82) is 0 Å². The highest BCUT2D eigenvalue weighted by Crippen LogP contribution is 2.26. The number of hydrogen-bond acceptors (Lipinski definition) is 4. The third kappa shape index (κ3) is 4.20. The van der Waals surface area contributed by atoms with Gasteiger partial charge in [0.2, 0.25) is 10.0 Å². The van der Waals surface area contributed by atoms with Crippen molar-refractivity contribution in [1.82, 2.24) is 4.31 Å². The van der Waals surface area contributed by atoms with Gasteiger partial charge in [-0.15, -0.1) is 0 Å². The molecule has 1 heterocycles. The standard InChI is InChI=1S/C19H20ClFN2O4S/c1-2-23(15-5-3-14(21)4-6-15)19(24)17-13-16(7-8-18(17)20)28(25,26)22-9-11-27-12-10-22/h3-8,13H,2,9-12H2,1H3. The highest BCUT2D eigenvalue weighted by atomic mass is 35.5. The molecule has 0 N–H and O–H groups in total. The molecule has 2 aromatic rings. The van der Waals surface area contributed by atoms with Crippen LogP contribution in [0.15, 0.2) is 47.4 Å². The zero-order valence-electron chi connectivity index (χ0n) is 15.3. The first kappa shape index (κ1) is 20.7. The Bertz CT molecular complexity index is 960. The fraction of sp³-hybridized carbons (Fsp3) is 0.316. The second kappa shape index (κ2) is 8.57. The van der Waals surface area contributed by atoms with Gasteiger partial charge in [0.05, 0.1) is 28.7 Å². The van der Waals surface area contributed by atoms with Gasteiger partial charge < -0.3 is 9.64 Å². The maximum atomic E-state index is 13.2. The van der Waals surface area contributed by atoms with E-state index in [1.807, 2.05) is 0 Å². The summed E-state index contributed by atoms with van der Waals surface area (Å²) in [5.74, 6) is -0.873. The SMILES string of the molecule is CCN(C(=O)c1cc(S(=O)(=O)N2CCOCC2)ccc1Cl)c1ccc(F)cc1. The highest BCUT2D eigenvalue weighted by Gasteiger charge is 2.28. The summed E-state index contributed by atoms with van der Waals surface area (Å²) < 4.78 is 45.5. The molecule has 0 bridgehead atoms. The molecule has 1 aliphatic rings. The summed E-state index contributed by atoms with van der Waals surface area (Å²) in [6, 6.07) is 9.57. The molecular weight excluding hydrogens is 407 g/mol. The molecule has 6 nitrogen and oxygen atoms in total. The largest absolute Gasteiger partial charge is 0.379 e. The van der Waals surface area contributed by atoms with Crippen LogP contribution >= 0.6 is 11.6 Å². The minimum Gasteiger partial charge on any atom is -0.379 e. The summed E-state index contributed by atoms with van der Waals surface area (Å²) >= 11 is 6.20. The number of amides is 1. The van der Waals surface area contributed by atoms with Gasteiger partial charge in [0.15, 0.2) is 0 Å². The Morgan fingerprint density at radius 2 is 1.82 bits per heavy atom. The molecule has 0 aliphatic carbocycles. The third-order valence-electron chi connectivity index (χ3n) is 4.48. The molecule has 1 amide bonds. The van der Waals surface area contributed by atoms with Gasteiger partial charge in [-0.25, -0.2) is 12.8 Å². The molecule has 1 saturated heterocycles. The Balaban J connectivity index is 1.96. The van der Waals surface area contributed by atoms with Crippen LogP contribution in [0.1, 0.15) is 17.3 Å². The number of morpholine rings is 1. The van der Waals surface area contributed by atoms with Crippen molar-refractivity contribution < 1.29 is 22.3 Å². The van der Waals surface area contributed by atoms with E-state index >= 15 is 0 Å². The van der Waals surface area contributed by atoms with Gasteiger partial charge in [0.1, 0.15) is 5.82 Å². The van der Waals surface area contributed by atoms with Crippen LogP contribution in [-0.4, -0.2) is 51.5 Å². The fourth-order valence-corrected chi connectivity index (χ4v) is 4.61. The third-order valence-corrected chi connectivity index (χ3v) is 6.70. The number of carbonyl (C=O) groups excluding carboxylic acids is 1. The predicted octanol–water partition coefficient (Wildman–Crippen LogP) is 3.17. The van der Waals surface area contributed by atoms with Crippen LogP contribution in [0.4, 0.5) is 10.1 Å². The average Bonchev–Trinajstić information content (AvgIpc) is 2.70. The summed E-state index contributed by atoms with van der Waals surface area (Å²) in [4.78, 5) is 14.5. The van der Waals surface area contributed by atoms with Crippen molar-refractivity contribution >= 4 is 33.2 Å². The van der Waals surface area contributed by atoms with E-state index in [0.29, 0.717) is 25.4 Å². The van der Waals surface area contributed by atoms with E-state index in [1.54, 1.807) is 6.92 Å². The smallest absolute Gasteiger partial charge is 0.259 e. The van der Waals surface area contributed by atoms with Crippen LogP contribution in [0.3, 0.4) is 0 Å². The summed E-state index contributed by atoms with van der Waals surface area (Å²) in [6.45, 7) is 3.24. The molecule has 1 fully saturated rings. The molecule has 0 atom stereocenters. The monoisotopic (exact) mass is 426 g/mol. The Morgan fingerprint density at radius 3 is 2.43 bits per heavy atom. The predicted molar refractivity (Wildman–Crippen MR) is 105 cm³/mol. The van der Waals surface area contributed by atoms with Crippen LogP contribution in [0.25, 0.3) is 0 Å². The molecule has 0 unspecified atom stereocenters. The second-order valence-corrected chi connectivity index (χ2v) is 8.53. The first-order valence-corrected chi connectivity index (χ1v) is 10.6. The van der Waals surface area contributed by atoms with Gasteiger partial charge in [-0.05, 0) is 49.4 Å². The first-order valence-electron chi connectivity index (χ1n) is 8.79. The molecule has 28 heavy (non-hydrogen) atoms. The molecule has 0 saturated carbocycles. The van der Waals surface area contributed by atoms with E-state index in [-0.39, 0.29) is 28.6 Å². The van der Waals surface area contributed by atoms with E-state index in [2.05, 4.69) is 0 Å². The van der Waals surface area contributed by atoms with Gasteiger partial charge >= 0.3 is 0 Å². The van der Waals surface area contributed by atoms with Crippen LogP contribution < -0.4 is 4.90 Å². The summed E-state index contributed by atoms with van der Waals surface area (Å²) in [5, 5.41) is 0.145. The number of hydrogen-bond donors (Lipinski definition) is 0. The lowest BCUT2D eigenvalue weighted by Gasteiger charge is -2.26. The fourth-order valence-electron chi connectivity index (χ4n) is 2.97. The van der Waals surface area contributed by atoms with Gasteiger partial charge in [-0.2, -0.15) is 4.31 Å². The van der Waals surface area contributed by atoms with Crippen molar-refractivity contribution in [2.24, 2.45) is 0 Å². The molecule has 9 heteroatoms. The molecule has 1 aliphatic heterocycles. The number of nitrogens with zero attached hydrogens (tertiary/aromatic N) is 2. The topological polar surface area (TPSA) is 66.9 Å². The van der Waals surface area contributed by atoms with Crippen molar-refractivity contribution in [3.8, 4) is 0 Å². The highest BCUT2D eigenvalue weighted by molar-refractivity contribution is 7.89.